The summed E-state index contributed by atoms with van der Waals surface area (Å²) >= 11 is 5.58. The van der Waals surface area contributed by atoms with Gasteiger partial charge in [-0.1, -0.05) is 11.6 Å². The number of halogens is 1. The largest absolute Gasteiger partial charge is 0.492 e. The van der Waals surface area contributed by atoms with Crippen molar-refractivity contribution in [2.24, 2.45) is 0 Å². The van der Waals surface area contributed by atoms with Crippen LogP contribution in [0.15, 0.2) is 0 Å². The molecule has 94 valence electrons. The maximum absolute atomic E-state index is 9.44. The van der Waals surface area contributed by atoms with E-state index < -0.39 is 11.8 Å². The highest BCUT2D eigenvalue weighted by molar-refractivity contribution is 6.33. The molecule has 0 amide bonds. The Labute approximate surface area is 104 Å². The van der Waals surface area contributed by atoms with Crippen LogP contribution in [0.2, 0.25) is 5.02 Å². The van der Waals surface area contributed by atoms with Gasteiger partial charge in [-0.2, -0.15) is 9.97 Å². The number of ether oxygens (including phenoxy) is 1. The van der Waals surface area contributed by atoms with E-state index in [4.69, 9.17) is 16.3 Å². The van der Waals surface area contributed by atoms with Crippen LogP contribution in [0.5, 0.6) is 11.8 Å². The summed E-state index contributed by atoms with van der Waals surface area (Å²) in [5, 5.41) is 18.7. The first kappa shape index (κ1) is 12.2. The van der Waals surface area contributed by atoms with Crippen LogP contribution in [0.25, 0.3) is 0 Å². The van der Waals surface area contributed by atoms with Crippen molar-refractivity contribution in [3.05, 3.63) is 5.02 Å². The lowest BCUT2D eigenvalue weighted by Gasteiger charge is -2.35. The first-order valence-corrected chi connectivity index (χ1v) is 5.71. The monoisotopic (exact) mass is 259 g/mol. The molecular weight excluding hydrogens is 246 g/mol. The Hall–Kier alpha value is -1.27. The summed E-state index contributed by atoms with van der Waals surface area (Å²) < 4.78 is 5.57. The van der Waals surface area contributed by atoms with E-state index in [9.17, 15) is 10.2 Å². The number of nitrogens with zero attached hydrogens (tertiary/aromatic N) is 3. The molecule has 0 radical (unpaired) electrons. The highest BCUT2D eigenvalue weighted by Crippen LogP contribution is 2.31. The lowest BCUT2D eigenvalue weighted by molar-refractivity contribution is -0.00578. The molecule has 1 aliphatic rings. The highest BCUT2D eigenvalue weighted by atomic mass is 35.5. The third-order valence-electron chi connectivity index (χ3n) is 2.51. The topological polar surface area (TPSA) is 78.7 Å². The first-order chi connectivity index (χ1) is 7.97. The van der Waals surface area contributed by atoms with Crippen LogP contribution in [0.3, 0.4) is 0 Å². The number of hydrogen-bond acceptors (Lipinski definition) is 6. The summed E-state index contributed by atoms with van der Waals surface area (Å²) in [6.07, 6.45) is 0.0876. The molecule has 2 atom stereocenters. The van der Waals surface area contributed by atoms with Crippen LogP contribution < -0.4 is 4.90 Å². The molecule has 1 saturated heterocycles. The van der Waals surface area contributed by atoms with Gasteiger partial charge in [0.1, 0.15) is 0 Å². The summed E-state index contributed by atoms with van der Waals surface area (Å²) in [4.78, 5) is 9.54. The summed E-state index contributed by atoms with van der Waals surface area (Å²) in [6, 6.07) is 0. The van der Waals surface area contributed by atoms with Gasteiger partial charge in [0.2, 0.25) is 17.7 Å². The number of anilines is 1. The zero-order chi connectivity index (χ0) is 12.6. The molecule has 7 heteroatoms. The molecule has 2 rings (SSSR count). The Balaban J connectivity index is 2.27. The van der Waals surface area contributed by atoms with Crippen LogP contribution in [0.1, 0.15) is 13.8 Å². The first-order valence-electron chi connectivity index (χ1n) is 5.33. The van der Waals surface area contributed by atoms with Crippen molar-refractivity contribution >= 4 is 17.5 Å². The smallest absolute Gasteiger partial charge is 0.239 e. The lowest BCUT2D eigenvalue weighted by atomic mass is 10.2. The van der Waals surface area contributed by atoms with E-state index in [1.807, 2.05) is 18.7 Å². The maximum atomic E-state index is 9.44. The van der Waals surface area contributed by atoms with Crippen LogP contribution in [-0.4, -0.2) is 45.5 Å². The summed E-state index contributed by atoms with van der Waals surface area (Å²) in [7, 11) is 0. The molecule has 1 aromatic heterocycles. The number of rotatable bonds is 1. The third kappa shape index (κ3) is 2.53. The number of morpholine rings is 1. The zero-order valence-corrected chi connectivity index (χ0v) is 10.3. The quantitative estimate of drug-likeness (QED) is 0.788. The molecule has 0 aromatic carbocycles. The molecule has 6 nitrogen and oxygen atoms in total. The van der Waals surface area contributed by atoms with Gasteiger partial charge < -0.3 is 19.8 Å². The molecule has 2 N–H and O–H groups in total. The van der Waals surface area contributed by atoms with E-state index in [0.717, 1.165) is 0 Å². The maximum Gasteiger partial charge on any atom is 0.239 e. The van der Waals surface area contributed by atoms with Gasteiger partial charge in [-0.3, -0.25) is 0 Å². The Morgan fingerprint density at radius 1 is 1.18 bits per heavy atom. The SMILES string of the molecule is C[C@@H]1CN(c2nc(O)c(Cl)c(O)n2)C[C@H](C)O1. The normalized spacial score (nSPS) is 25.0. The van der Waals surface area contributed by atoms with E-state index in [-0.39, 0.29) is 23.2 Å². The van der Waals surface area contributed by atoms with Crippen molar-refractivity contribution < 1.29 is 14.9 Å². The minimum absolute atomic E-state index is 0.0438. The Bertz CT molecular complexity index is 396. The summed E-state index contributed by atoms with van der Waals surface area (Å²) in [5.74, 6) is -0.576. The third-order valence-corrected chi connectivity index (χ3v) is 2.84. The molecule has 1 aromatic rings. The minimum atomic E-state index is -0.416. The van der Waals surface area contributed by atoms with Crippen LogP contribution in [0, 0.1) is 0 Å². The van der Waals surface area contributed by atoms with E-state index in [1.54, 1.807) is 0 Å². The number of hydrogen-bond donors (Lipinski definition) is 2. The van der Waals surface area contributed by atoms with Gasteiger partial charge in [0.15, 0.2) is 5.02 Å². The molecule has 1 fully saturated rings. The molecular formula is C10H14ClN3O3. The Kier molecular flexibility index (Phi) is 3.26. The van der Waals surface area contributed by atoms with Gasteiger partial charge in [-0.15, -0.1) is 0 Å². The van der Waals surface area contributed by atoms with Gasteiger partial charge in [0, 0.05) is 13.1 Å². The molecule has 17 heavy (non-hydrogen) atoms. The van der Waals surface area contributed by atoms with Crippen molar-refractivity contribution in [3.8, 4) is 11.8 Å². The van der Waals surface area contributed by atoms with Crippen molar-refractivity contribution in [2.45, 2.75) is 26.1 Å². The summed E-state index contributed by atoms with van der Waals surface area (Å²) in [6.45, 7) is 5.09. The second kappa shape index (κ2) is 4.54. The molecule has 0 unspecified atom stereocenters. The predicted molar refractivity (Wildman–Crippen MR) is 62.6 cm³/mol. The lowest BCUT2D eigenvalue weighted by Crippen LogP contribution is -2.46. The molecule has 0 aliphatic carbocycles. The van der Waals surface area contributed by atoms with Crippen LogP contribution in [0.4, 0.5) is 5.95 Å². The van der Waals surface area contributed by atoms with Crippen molar-refractivity contribution in [3.63, 3.8) is 0 Å². The molecule has 0 bridgehead atoms. The summed E-state index contributed by atoms with van der Waals surface area (Å²) in [5.41, 5.74) is 0. The van der Waals surface area contributed by atoms with Gasteiger partial charge in [-0.25, -0.2) is 0 Å². The fraction of sp³-hybridized carbons (Fsp3) is 0.600. The van der Waals surface area contributed by atoms with Gasteiger partial charge >= 0.3 is 0 Å². The highest BCUT2D eigenvalue weighted by Gasteiger charge is 2.25. The minimum Gasteiger partial charge on any atom is -0.492 e. The second-order valence-corrected chi connectivity index (χ2v) is 4.53. The fourth-order valence-corrected chi connectivity index (χ4v) is 1.98. The van der Waals surface area contributed by atoms with Gasteiger partial charge in [0.05, 0.1) is 12.2 Å². The fourth-order valence-electron chi connectivity index (χ4n) is 1.90. The van der Waals surface area contributed by atoms with Gasteiger partial charge in [-0.05, 0) is 13.8 Å². The van der Waals surface area contributed by atoms with E-state index in [2.05, 4.69) is 9.97 Å². The van der Waals surface area contributed by atoms with E-state index in [0.29, 0.717) is 13.1 Å². The predicted octanol–water partition coefficient (Wildman–Crippen LogP) is 1.15. The molecule has 2 heterocycles. The molecule has 1 aliphatic heterocycles. The van der Waals surface area contributed by atoms with E-state index >= 15 is 0 Å². The number of aromatic hydroxyl groups is 2. The average Bonchev–Trinajstić information content (AvgIpc) is 2.23. The van der Waals surface area contributed by atoms with Crippen molar-refractivity contribution in [1.29, 1.82) is 0 Å². The van der Waals surface area contributed by atoms with E-state index in [1.165, 1.54) is 0 Å². The molecule has 0 spiro atoms. The Morgan fingerprint density at radius 2 is 1.65 bits per heavy atom. The van der Waals surface area contributed by atoms with Crippen LogP contribution >= 0.6 is 11.6 Å². The van der Waals surface area contributed by atoms with Crippen LogP contribution in [-0.2, 0) is 4.74 Å². The van der Waals surface area contributed by atoms with Crippen molar-refractivity contribution in [2.75, 3.05) is 18.0 Å². The Morgan fingerprint density at radius 3 is 2.12 bits per heavy atom. The van der Waals surface area contributed by atoms with Crippen molar-refractivity contribution in [1.82, 2.24) is 9.97 Å². The second-order valence-electron chi connectivity index (χ2n) is 4.15. The zero-order valence-electron chi connectivity index (χ0n) is 9.59. The standard InChI is InChI=1S/C10H14ClN3O3/c1-5-3-14(4-6(2)17-5)10-12-8(15)7(11)9(16)13-10/h5-6H,3-4H2,1-2H3,(H2,12,13,15,16)/t5-,6+. The average molecular weight is 260 g/mol. The molecule has 0 saturated carbocycles. The number of aromatic nitrogens is 2. The van der Waals surface area contributed by atoms with Gasteiger partial charge in [0.25, 0.3) is 0 Å².